The fourth-order valence-corrected chi connectivity index (χ4v) is 4.89. The van der Waals surface area contributed by atoms with Crippen molar-refractivity contribution < 1.29 is 4.74 Å². The molecule has 0 amide bonds. The van der Waals surface area contributed by atoms with E-state index in [-0.39, 0.29) is 23.4 Å². The minimum absolute atomic E-state index is 0.000934. The zero-order chi connectivity index (χ0) is 18.6. The smallest absolute Gasteiger partial charge is 0.138 e. The first-order valence-electron chi connectivity index (χ1n) is 9.75. The fourth-order valence-electron chi connectivity index (χ4n) is 4.89. The average molecular weight is 355 g/mol. The van der Waals surface area contributed by atoms with Gasteiger partial charge in [0.15, 0.2) is 0 Å². The first-order valence-corrected chi connectivity index (χ1v) is 9.75. The first kappa shape index (κ1) is 16.6. The lowest BCUT2D eigenvalue weighted by Gasteiger charge is -2.44. The molecule has 0 fully saturated rings. The van der Waals surface area contributed by atoms with Crippen molar-refractivity contribution in [1.82, 2.24) is 5.32 Å². The molecule has 0 aromatic heterocycles. The Bertz CT molecular complexity index is 969. The minimum atomic E-state index is -0.000934. The normalized spacial score (nSPS) is 30.3. The second-order valence-corrected chi connectivity index (χ2v) is 8.41. The van der Waals surface area contributed by atoms with E-state index in [0.29, 0.717) is 0 Å². The lowest BCUT2D eigenvalue weighted by molar-refractivity contribution is 0.255. The van der Waals surface area contributed by atoms with Gasteiger partial charge in [0, 0.05) is 34.2 Å². The third-order valence-corrected chi connectivity index (χ3v) is 5.90. The van der Waals surface area contributed by atoms with Gasteiger partial charge in [-0.2, -0.15) is 0 Å². The maximum atomic E-state index is 6.70. The summed E-state index contributed by atoms with van der Waals surface area (Å²) in [6.45, 7) is 6.70. The number of hydrogen-bond acceptors (Lipinski definition) is 2. The van der Waals surface area contributed by atoms with Crippen molar-refractivity contribution in [2.75, 3.05) is 0 Å². The average Bonchev–Trinajstić information content (AvgIpc) is 2.66. The largest absolute Gasteiger partial charge is 0.460 e. The zero-order valence-corrected chi connectivity index (χ0v) is 16.1. The van der Waals surface area contributed by atoms with Crippen molar-refractivity contribution in [3.63, 3.8) is 0 Å². The molecule has 1 aromatic carbocycles. The summed E-state index contributed by atoms with van der Waals surface area (Å²) in [5.74, 6) is 2.60. The van der Waals surface area contributed by atoms with Crippen molar-refractivity contribution in [3.05, 3.63) is 101 Å². The molecule has 1 aromatic rings. The molecule has 2 aliphatic heterocycles. The highest BCUT2D eigenvalue weighted by atomic mass is 16.5. The molecule has 2 nitrogen and oxygen atoms in total. The summed E-state index contributed by atoms with van der Waals surface area (Å²) < 4.78 is 6.70. The van der Waals surface area contributed by atoms with Gasteiger partial charge in [0.05, 0.1) is 5.92 Å². The number of allylic oxidation sites excluding steroid dienone is 7. The third-order valence-electron chi connectivity index (χ3n) is 5.90. The van der Waals surface area contributed by atoms with Crippen LogP contribution in [0.1, 0.15) is 26.3 Å². The summed E-state index contributed by atoms with van der Waals surface area (Å²) in [6, 6.07) is 10.7. The van der Waals surface area contributed by atoms with Gasteiger partial charge in [0.2, 0.25) is 0 Å². The van der Waals surface area contributed by atoms with E-state index in [2.05, 4.69) is 99.0 Å². The van der Waals surface area contributed by atoms with Crippen molar-refractivity contribution in [2.24, 2.45) is 11.8 Å². The zero-order valence-electron chi connectivity index (χ0n) is 16.1. The Morgan fingerprint density at radius 1 is 0.963 bits per heavy atom. The van der Waals surface area contributed by atoms with Gasteiger partial charge in [-0.15, -0.1) is 0 Å². The summed E-state index contributed by atoms with van der Waals surface area (Å²) in [7, 11) is 0. The van der Waals surface area contributed by atoms with Crippen molar-refractivity contribution in [1.29, 1.82) is 0 Å². The summed E-state index contributed by atoms with van der Waals surface area (Å²) in [4.78, 5) is 0. The van der Waals surface area contributed by atoms with Crippen molar-refractivity contribution in [2.45, 2.75) is 32.4 Å². The molecule has 3 unspecified atom stereocenters. The fraction of sp³-hybridized carbons (Fsp3) is 0.280. The highest BCUT2D eigenvalue weighted by Crippen LogP contribution is 2.48. The van der Waals surface area contributed by atoms with Crippen LogP contribution >= 0.6 is 0 Å². The number of benzene rings is 1. The Morgan fingerprint density at radius 2 is 1.78 bits per heavy atom. The number of fused-ring (bicyclic) bond motifs is 4. The van der Waals surface area contributed by atoms with Crippen LogP contribution in [0.4, 0.5) is 0 Å². The molecule has 4 aliphatic rings. The van der Waals surface area contributed by atoms with Crippen LogP contribution in [0.15, 0.2) is 95.3 Å². The monoisotopic (exact) mass is 355 g/mol. The third kappa shape index (κ3) is 2.67. The Balaban J connectivity index is 1.65. The van der Waals surface area contributed by atoms with Gasteiger partial charge in [0.25, 0.3) is 0 Å². The molecule has 3 atom stereocenters. The summed E-state index contributed by atoms with van der Waals surface area (Å²) >= 11 is 0. The van der Waals surface area contributed by atoms with E-state index in [4.69, 9.17) is 4.74 Å². The van der Waals surface area contributed by atoms with Crippen LogP contribution in [0.2, 0.25) is 0 Å². The van der Waals surface area contributed by atoms with Gasteiger partial charge in [-0.25, -0.2) is 0 Å². The molecule has 0 saturated carbocycles. The number of rotatable bonds is 1. The van der Waals surface area contributed by atoms with Crippen LogP contribution < -0.4 is 5.32 Å². The molecule has 1 N–H and O–H groups in total. The van der Waals surface area contributed by atoms with E-state index < -0.39 is 0 Å². The van der Waals surface area contributed by atoms with Crippen molar-refractivity contribution >= 4 is 5.76 Å². The van der Waals surface area contributed by atoms with E-state index >= 15 is 0 Å². The lowest BCUT2D eigenvalue weighted by Crippen LogP contribution is -2.53. The van der Waals surface area contributed by atoms with Gasteiger partial charge < -0.3 is 10.1 Å². The first-order chi connectivity index (χ1) is 13.0. The Hall–Kier alpha value is -2.58. The standard InChI is InChI=1S/C25H25NO/c1-16-15-25(2,3)26-21-14-13-20-18-11-7-8-12-19(18)23(27-24(20)22(16)21)17-9-5-4-6-10-17/h4-15,18,21-22,26H,1-3H3. The van der Waals surface area contributed by atoms with Crippen LogP contribution in [0.25, 0.3) is 5.76 Å². The van der Waals surface area contributed by atoms with Crippen LogP contribution in [0.5, 0.6) is 0 Å². The molecule has 2 heterocycles. The van der Waals surface area contributed by atoms with Gasteiger partial charge in [-0.05, 0) is 20.8 Å². The molecule has 0 spiro atoms. The van der Waals surface area contributed by atoms with Gasteiger partial charge in [0.1, 0.15) is 11.5 Å². The number of ether oxygens (including phenoxy) is 1. The SMILES string of the molecule is CC1=CC(C)(C)NC2C=CC3=C(OC(c4ccccc4)=C4C=CC=CC43)C12. The molecule has 0 saturated heterocycles. The van der Waals surface area contributed by atoms with Crippen LogP contribution in [-0.4, -0.2) is 11.6 Å². The summed E-state index contributed by atoms with van der Waals surface area (Å²) in [5.41, 5.74) is 5.06. The van der Waals surface area contributed by atoms with Crippen LogP contribution in [0.3, 0.4) is 0 Å². The summed E-state index contributed by atoms with van der Waals surface area (Å²) in [6.07, 6.45) is 15.7. The maximum absolute atomic E-state index is 6.70. The van der Waals surface area contributed by atoms with Gasteiger partial charge in [-0.3, -0.25) is 0 Å². The highest BCUT2D eigenvalue weighted by Gasteiger charge is 2.42. The molecule has 0 radical (unpaired) electrons. The molecule has 2 aliphatic carbocycles. The number of hydrogen-bond donors (Lipinski definition) is 1. The lowest BCUT2D eigenvalue weighted by atomic mass is 9.73. The topological polar surface area (TPSA) is 21.3 Å². The Morgan fingerprint density at radius 3 is 2.59 bits per heavy atom. The molecule has 2 heteroatoms. The number of nitrogens with one attached hydrogen (secondary N) is 1. The second kappa shape index (κ2) is 5.97. The van der Waals surface area contributed by atoms with E-state index in [9.17, 15) is 0 Å². The van der Waals surface area contributed by atoms with Crippen molar-refractivity contribution in [3.8, 4) is 0 Å². The predicted molar refractivity (Wildman–Crippen MR) is 111 cm³/mol. The van der Waals surface area contributed by atoms with Crippen LogP contribution in [0, 0.1) is 11.8 Å². The predicted octanol–water partition coefficient (Wildman–Crippen LogP) is 5.31. The van der Waals surface area contributed by atoms with E-state index in [1.807, 2.05) is 0 Å². The molecule has 0 bridgehead atoms. The van der Waals surface area contributed by atoms with E-state index in [0.717, 1.165) is 17.1 Å². The maximum Gasteiger partial charge on any atom is 0.138 e. The molecular weight excluding hydrogens is 330 g/mol. The molecule has 5 rings (SSSR count). The molecule has 27 heavy (non-hydrogen) atoms. The Labute approximate surface area is 161 Å². The quantitative estimate of drug-likeness (QED) is 0.690. The molecular formula is C25H25NO. The van der Waals surface area contributed by atoms with E-state index in [1.165, 1.54) is 16.7 Å². The van der Waals surface area contributed by atoms with E-state index in [1.54, 1.807) is 0 Å². The second-order valence-electron chi connectivity index (χ2n) is 8.41. The Kier molecular flexibility index (Phi) is 3.66. The molecule has 136 valence electrons. The van der Waals surface area contributed by atoms with Crippen LogP contribution in [-0.2, 0) is 4.74 Å². The van der Waals surface area contributed by atoms with Gasteiger partial charge in [-0.1, -0.05) is 78.4 Å². The highest BCUT2D eigenvalue weighted by molar-refractivity contribution is 5.72. The van der Waals surface area contributed by atoms with Gasteiger partial charge >= 0.3 is 0 Å². The summed E-state index contributed by atoms with van der Waals surface area (Å²) in [5, 5.41) is 3.76. The minimum Gasteiger partial charge on any atom is -0.460 e.